The molecule has 0 spiro atoms. The van der Waals surface area contributed by atoms with Gasteiger partial charge in [0.1, 0.15) is 0 Å². The van der Waals surface area contributed by atoms with Crippen LogP contribution in [0, 0.1) is 0 Å². The molecule has 0 aliphatic carbocycles. The fraction of sp³-hybridized carbons (Fsp3) is 0. The van der Waals surface area contributed by atoms with Gasteiger partial charge >= 0.3 is 0 Å². The van der Waals surface area contributed by atoms with Crippen LogP contribution in [0.2, 0.25) is 0 Å². The average Bonchev–Trinajstić information content (AvgIpc) is 3.24. The molecule has 1 heteroatoms. The lowest BCUT2D eigenvalue weighted by Gasteiger charge is -2.29. The van der Waals surface area contributed by atoms with E-state index in [-0.39, 0.29) is 0 Å². The molecule has 248 valence electrons. The molecule has 0 saturated heterocycles. The third-order valence-electron chi connectivity index (χ3n) is 10.6. The van der Waals surface area contributed by atoms with Crippen molar-refractivity contribution >= 4 is 60.2 Å². The van der Waals surface area contributed by atoms with Crippen LogP contribution in [0.15, 0.2) is 212 Å². The largest absolute Gasteiger partial charge is 0.309 e. The Morgan fingerprint density at radius 2 is 0.755 bits per heavy atom. The van der Waals surface area contributed by atoms with E-state index in [0.717, 1.165) is 17.1 Å². The summed E-state index contributed by atoms with van der Waals surface area (Å²) in [6.07, 6.45) is 0. The zero-order valence-corrected chi connectivity index (χ0v) is 29.2. The Balaban J connectivity index is 1.15. The van der Waals surface area contributed by atoms with E-state index in [1.54, 1.807) is 0 Å². The number of hydrogen-bond acceptors (Lipinski definition) is 1. The monoisotopic (exact) mass is 673 g/mol. The molecule has 10 aromatic rings. The Morgan fingerprint density at radius 3 is 1.55 bits per heavy atom. The minimum Gasteiger partial charge on any atom is -0.309 e. The normalized spacial score (nSPS) is 11.4. The molecule has 0 N–H and O–H groups in total. The minimum atomic E-state index is 1.10. The van der Waals surface area contributed by atoms with Crippen molar-refractivity contribution in [3.05, 3.63) is 212 Å². The molecular weight excluding hydrogens is 639 g/mol. The zero-order chi connectivity index (χ0) is 35.1. The smallest absolute Gasteiger partial charge is 0.0540 e. The van der Waals surface area contributed by atoms with Crippen LogP contribution in [0.4, 0.5) is 17.1 Å². The van der Waals surface area contributed by atoms with Gasteiger partial charge in [0.2, 0.25) is 0 Å². The van der Waals surface area contributed by atoms with Gasteiger partial charge < -0.3 is 4.90 Å². The van der Waals surface area contributed by atoms with Crippen LogP contribution in [0.1, 0.15) is 0 Å². The zero-order valence-electron chi connectivity index (χ0n) is 29.2. The topological polar surface area (TPSA) is 3.24 Å². The van der Waals surface area contributed by atoms with E-state index in [2.05, 4.69) is 217 Å². The van der Waals surface area contributed by atoms with Crippen LogP contribution in [0.3, 0.4) is 0 Å². The van der Waals surface area contributed by atoms with Crippen molar-refractivity contribution in [1.29, 1.82) is 0 Å². The minimum absolute atomic E-state index is 1.10. The maximum Gasteiger partial charge on any atom is 0.0540 e. The van der Waals surface area contributed by atoms with Crippen molar-refractivity contribution < 1.29 is 0 Å². The molecule has 0 aromatic heterocycles. The van der Waals surface area contributed by atoms with Crippen molar-refractivity contribution in [2.75, 3.05) is 4.90 Å². The summed E-state index contributed by atoms with van der Waals surface area (Å²) < 4.78 is 0. The molecule has 0 fully saturated rings. The van der Waals surface area contributed by atoms with Crippen LogP contribution in [0.25, 0.3) is 76.5 Å². The Hall–Kier alpha value is -6.96. The van der Waals surface area contributed by atoms with Crippen molar-refractivity contribution in [2.45, 2.75) is 0 Å². The second-order valence-corrected chi connectivity index (χ2v) is 13.7. The summed E-state index contributed by atoms with van der Waals surface area (Å²) in [6.45, 7) is 0. The van der Waals surface area contributed by atoms with E-state index in [0.29, 0.717) is 0 Å². The Bertz CT molecular complexity index is 2940. The molecule has 0 bridgehead atoms. The van der Waals surface area contributed by atoms with Gasteiger partial charge in [-0.15, -0.1) is 0 Å². The fourth-order valence-corrected chi connectivity index (χ4v) is 8.14. The van der Waals surface area contributed by atoms with Crippen LogP contribution in [-0.4, -0.2) is 0 Å². The van der Waals surface area contributed by atoms with Crippen LogP contribution < -0.4 is 4.90 Å². The summed E-state index contributed by atoms with van der Waals surface area (Å²) in [5.41, 5.74) is 10.6. The van der Waals surface area contributed by atoms with Gasteiger partial charge in [0.05, 0.1) is 11.4 Å². The van der Waals surface area contributed by atoms with Crippen LogP contribution in [-0.2, 0) is 0 Å². The summed E-state index contributed by atoms with van der Waals surface area (Å²) in [6, 6.07) is 77.3. The van der Waals surface area contributed by atoms with E-state index in [9.17, 15) is 0 Å². The van der Waals surface area contributed by atoms with Gasteiger partial charge in [-0.1, -0.05) is 176 Å². The molecule has 0 unspecified atom stereocenters. The maximum atomic E-state index is 2.44. The average molecular weight is 674 g/mol. The van der Waals surface area contributed by atoms with E-state index >= 15 is 0 Å². The predicted octanol–water partition coefficient (Wildman–Crippen LogP) is 14.8. The number of fused-ring (bicyclic) bond motifs is 5. The first-order valence-corrected chi connectivity index (χ1v) is 18.3. The van der Waals surface area contributed by atoms with E-state index < -0.39 is 0 Å². The van der Waals surface area contributed by atoms with E-state index in [1.807, 2.05) is 0 Å². The first kappa shape index (κ1) is 30.8. The highest BCUT2D eigenvalue weighted by atomic mass is 15.1. The van der Waals surface area contributed by atoms with Crippen molar-refractivity contribution in [2.24, 2.45) is 0 Å². The van der Waals surface area contributed by atoms with Gasteiger partial charge in [0.15, 0.2) is 0 Å². The predicted molar refractivity (Wildman–Crippen MR) is 227 cm³/mol. The number of nitrogens with zero attached hydrogens (tertiary/aromatic N) is 1. The Morgan fingerprint density at radius 1 is 0.245 bits per heavy atom. The second kappa shape index (κ2) is 13.0. The number of benzene rings is 10. The third-order valence-corrected chi connectivity index (χ3v) is 10.6. The number of para-hydroxylation sites is 1. The standard InChI is InChI=1S/C52H35N/c1-4-21-43-36(14-1)17-12-27-44(43)39-19-11-20-40(34-39)47-24-9-10-28-51(47)53(52-29-13-18-37-15-2-6-23-46(37)52)42-32-30-38(31-33-42)50-35-41-16-3-5-22-45(41)48-25-7-8-26-49(48)50/h1-35H. The summed E-state index contributed by atoms with van der Waals surface area (Å²) in [4.78, 5) is 2.44. The SMILES string of the molecule is c1cc(-c2ccccc2N(c2ccc(-c3cc4ccccc4c4ccccc34)cc2)c2cccc3ccccc23)cc(-c2cccc3ccccc23)c1. The first-order valence-electron chi connectivity index (χ1n) is 18.3. The summed E-state index contributed by atoms with van der Waals surface area (Å²) in [7, 11) is 0. The van der Waals surface area contributed by atoms with E-state index in [1.165, 1.54) is 76.5 Å². The lowest BCUT2D eigenvalue weighted by Crippen LogP contribution is -2.11. The van der Waals surface area contributed by atoms with Gasteiger partial charge in [-0.25, -0.2) is 0 Å². The molecule has 10 aromatic carbocycles. The fourth-order valence-electron chi connectivity index (χ4n) is 8.14. The van der Waals surface area contributed by atoms with Gasteiger partial charge in [0.25, 0.3) is 0 Å². The van der Waals surface area contributed by atoms with Gasteiger partial charge in [0, 0.05) is 16.6 Å². The van der Waals surface area contributed by atoms with Crippen molar-refractivity contribution in [1.82, 2.24) is 0 Å². The van der Waals surface area contributed by atoms with E-state index in [4.69, 9.17) is 0 Å². The number of anilines is 3. The van der Waals surface area contributed by atoms with Crippen molar-refractivity contribution in [3.63, 3.8) is 0 Å². The molecule has 0 heterocycles. The molecule has 0 saturated carbocycles. The molecule has 10 rings (SSSR count). The van der Waals surface area contributed by atoms with Crippen LogP contribution >= 0.6 is 0 Å². The Labute approximate surface area is 309 Å². The molecule has 0 atom stereocenters. The summed E-state index contributed by atoms with van der Waals surface area (Å²) in [5.74, 6) is 0. The summed E-state index contributed by atoms with van der Waals surface area (Å²) in [5, 5.41) is 10.0. The molecular formula is C52H35N. The van der Waals surface area contributed by atoms with Gasteiger partial charge in [-0.2, -0.15) is 0 Å². The Kier molecular flexibility index (Phi) is 7.55. The third kappa shape index (κ3) is 5.42. The quantitative estimate of drug-likeness (QED) is 0.159. The van der Waals surface area contributed by atoms with Crippen molar-refractivity contribution in [3.8, 4) is 33.4 Å². The lowest BCUT2D eigenvalue weighted by molar-refractivity contribution is 1.30. The maximum absolute atomic E-state index is 2.44. The molecule has 1 nitrogen and oxygen atoms in total. The van der Waals surface area contributed by atoms with Gasteiger partial charge in [-0.3, -0.25) is 0 Å². The highest BCUT2D eigenvalue weighted by Crippen LogP contribution is 2.45. The molecule has 0 aliphatic rings. The molecule has 0 amide bonds. The number of rotatable bonds is 6. The molecule has 0 radical (unpaired) electrons. The number of hydrogen-bond donors (Lipinski definition) is 0. The van der Waals surface area contributed by atoms with Gasteiger partial charge in [-0.05, 0) is 102 Å². The van der Waals surface area contributed by atoms with Crippen LogP contribution in [0.5, 0.6) is 0 Å². The highest BCUT2D eigenvalue weighted by Gasteiger charge is 2.20. The lowest BCUT2D eigenvalue weighted by atomic mass is 9.93. The molecule has 0 aliphatic heterocycles. The second-order valence-electron chi connectivity index (χ2n) is 13.7. The first-order chi connectivity index (χ1) is 26.3. The summed E-state index contributed by atoms with van der Waals surface area (Å²) >= 11 is 0. The highest BCUT2D eigenvalue weighted by molar-refractivity contribution is 6.14. The molecule has 53 heavy (non-hydrogen) atoms.